The van der Waals surface area contributed by atoms with E-state index in [-0.39, 0.29) is 5.97 Å². The smallest absolute Gasteiger partial charge is 0.339 e. The van der Waals surface area contributed by atoms with E-state index in [2.05, 4.69) is 4.57 Å². The molecular formula is C22H23NO4. The number of carbonyl (C=O) groups excluding carboxylic acids is 1. The number of nitrogens with zero attached hydrogens (tertiary/aromatic N) is 1. The van der Waals surface area contributed by atoms with Crippen molar-refractivity contribution >= 4 is 5.97 Å². The highest BCUT2D eigenvalue weighted by Crippen LogP contribution is 2.34. The van der Waals surface area contributed by atoms with E-state index in [1.54, 1.807) is 14.2 Å². The second kappa shape index (κ2) is 7.99. The highest BCUT2D eigenvalue weighted by Gasteiger charge is 2.20. The predicted molar refractivity (Wildman–Crippen MR) is 105 cm³/mol. The quantitative estimate of drug-likeness (QED) is 0.611. The number of rotatable bonds is 6. The number of esters is 1. The molecule has 3 aromatic rings. The van der Waals surface area contributed by atoms with E-state index < -0.39 is 0 Å². The molecule has 0 amide bonds. The number of methoxy groups -OCH3 is 3. The number of aromatic nitrogens is 1. The molecule has 0 fully saturated rings. The van der Waals surface area contributed by atoms with Crippen LogP contribution in [0.2, 0.25) is 0 Å². The van der Waals surface area contributed by atoms with Gasteiger partial charge < -0.3 is 18.8 Å². The van der Waals surface area contributed by atoms with Gasteiger partial charge in [-0.1, -0.05) is 42.5 Å². The molecule has 5 nitrogen and oxygen atoms in total. The Kier molecular flexibility index (Phi) is 5.50. The predicted octanol–water partition coefficient (Wildman–Crippen LogP) is 4.32. The fourth-order valence-electron chi connectivity index (χ4n) is 3.26. The van der Waals surface area contributed by atoms with Crippen molar-refractivity contribution < 1.29 is 19.0 Å². The van der Waals surface area contributed by atoms with E-state index in [0.29, 0.717) is 23.6 Å². The zero-order chi connectivity index (χ0) is 19.4. The number of para-hydroxylation sites is 1. The maximum absolute atomic E-state index is 12.2. The van der Waals surface area contributed by atoms with E-state index in [1.165, 1.54) is 7.11 Å². The van der Waals surface area contributed by atoms with Crippen LogP contribution in [0.5, 0.6) is 11.5 Å². The Morgan fingerprint density at radius 2 is 1.70 bits per heavy atom. The normalized spacial score (nSPS) is 10.5. The summed E-state index contributed by atoms with van der Waals surface area (Å²) in [5.74, 6) is 1.02. The lowest BCUT2D eigenvalue weighted by Crippen LogP contribution is -2.08. The van der Waals surface area contributed by atoms with E-state index in [0.717, 1.165) is 22.5 Å². The van der Waals surface area contributed by atoms with Gasteiger partial charge >= 0.3 is 5.97 Å². The zero-order valence-corrected chi connectivity index (χ0v) is 16.0. The molecule has 5 heteroatoms. The molecule has 140 valence electrons. The van der Waals surface area contributed by atoms with E-state index >= 15 is 0 Å². The first-order valence-corrected chi connectivity index (χ1v) is 8.64. The molecule has 0 aliphatic rings. The largest absolute Gasteiger partial charge is 0.493 e. The van der Waals surface area contributed by atoms with Crippen molar-refractivity contribution in [3.05, 3.63) is 71.4 Å². The minimum Gasteiger partial charge on any atom is -0.493 e. The van der Waals surface area contributed by atoms with Gasteiger partial charge in [0, 0.05) is 17.0 Å². The van der Waals surface area contributed by atoms with Crippen molar-refractivity contribution in [3.63, 3.8) is 0 Å². The van der Waals surface area contributed by atoms with E-state index in [9.17, 15) is 4.79 Å². The minimum atomic E-state index is -0.346. The number of carbonyl (C=O) groups is 1. The SMILES string of the molecule is COC(=O)c1cc(-c2ccccc2)n(Cc2cccc(OC)c2OC)c1C. The van der Waals surface area contributed by atoms with Gasteiger partial charge in [-0.3, -0.25) is 0 Å². The average molecular weight is 365 g/mol. The van der Waals surface area contributed by atoms with Gasteiger partial charge in [0.05, 0.1) is 33.4 Å². The van der Waals surface area contributed by atoms with Crippen molar-refractivity contribution in [2.45, 2.75) is 13.5 Å². The van der Waals surface area contributed by atoms with Gasteiger partial charge in [0.15, 0.2) is 11.5 Å². The van der Waals surface area contributed by atoms with Crippen molar-refractivity contribution in [2.24, 2.45) is 0 Å². The summed E-state index contributed by atoms with van der Waals surface area (Å²) in [5.41, 5.74) is 4.32. The topological polar surface area (TPSA) is 49.7 Å². The monoisotopic (exact) mass is 365 g/mol. The van der Waals surface area contributed by atoms with Crippen LogP contribution in [0, 0.1) is 6.92 Å². The molecule has 27 heavy (non-hydrogen) atoms. The van der Waals surface area contributed by atoms with Crippen LogP contribution in [0.25, 0.3) is 11.3 Å². The molecule has 0 bridgehead atoms. The average Bonchev–Trinajstić information content (AvgIpc) is 3.04. The van der Waals surface area contributed by atoms with E-state index in [4.69, 9.17) is 14.2 Å². The van der Waals surface area contributed by atoms with Crippen LogP contribution in [0.1, 0.15) is 21.6 Å². The summed E-state index contributed by atoms with van der Waals surface area (Å²) >= 11 is 0. The first-order valence-electron chi connectivity index (χ1n) is 8.64. The van der Waals surface area contributed by atoms with Crippen molar-refractivity contribution in [2.75, 3.05) is 21.3 Å². The molecule has 0 aliphatic heterocycles. The van der Waals surface area contributed by atoms with Crippen molar-refractivity contribution in [3.8, 4) is 22.8 Å². The summed E-state index contributed by atoms with van der Waals surface area (Å²) in [7, 11) is 4.64. The molecule has 0 atom stereocenters. The summed E-state index contributed by atoms with van der Waals surface area (Å²) in [6.45, 7) is 2.46. The number of hydrogen-bond acceptors (Lipinski definition) is 4. The molecule has 0 saturated heterocycles. The van der Waals surface area contributed by atoms with Gasteiger partial charge in [0.2, 0.25) is 0 Å². The minimum absolute atomic E-state index is 0.346. The van der Waals surface area contributed by atoms with Crippen molar-refractivity contribution in [1.82, 2.24) is 4.57 Å². The fourth-order valence-corrected chi connectivity index (χ4v) is 3.26. The Morgan fingerprint density at radius 3 is 2.33 bits per heavy atom. The lowest BCUT2D eigenvalue weighted by atomic mass is 10.1. The van der Waals surface area contributed by atoms with Gasteiger partial charge in [0.25, 0.3) is 0 Å². The Bertz CT molecular complexity index is 944. The molecule has 0 spiro atoms. The lowest BCUT2D eigenvalue weighted by Gasteiger charge is -2.16. The zero-order valence-electron chi connectivity index (χ0n) is 16.0. The standard InChI is InChI=1S/C22H23NO4/c1-15-18(22(24)27-4)13-19(16-9-6-5-7-10-16)23(15)14-17-11-8-12-20(25-2)21(17)26-3/h5-13H,14H2,1-4H3. The number of benzene rings is 2. The van der Waals surface area contributed by atoms with Crippen LogP contribution in [0.15, 0.2) is 54.6 Å². The summed E-state index contributed by atoms with van der Waals surface area (Å²) in [6.07, 6.45) is 0. The van der Waals surface area contributed by atoms with E-state index in [1.807, 2.05) is 61.5 Å². The number of ether oxygens (including phenoxy) is 3. The van der Waals surface area contributed by atoms with Gasteiger partial charge in [-0.05, 0) is 24.6 Å². The third-order valence-electron chi connectivity index (χ3n) is 4.65. The Hall–Kier alpha value is -3.21. The highest BCUT2D eigenvalue weighted by molar-refractivity contribution is 5.92. The molecular weight excluding hydrogens is 342 g/mol. The molecule has 3 rings (SSSR count). The highest BCUT2D eigenvalue weighted by atomic mass is 16.5. The van der Waals surface area contributed by atoms with Gasteiger partial charge in [0.1, 0.15) is 0 Å². The van der Waals surface area contributed by atoms with Crippen molar-refractivity contribution in [1.29, 1.82) is 0 Å². The maximum Gasteiger partial charge on any atom is 0.339 e. The summed E-state index contributed by atoms with van der Waals surface area (Å²) in [4.78, 5) is 12.2. The summed E-state index contributed by atoms with van der Waals surface area (Å²) < 4.78 is 18.0. The Balaban J connectivity index is 2.15. The van der Waals surface area contributed by atoms with Crippen LogP contribution >= 0.6 is 0 Å². The Labute approximate surface area is 159 Å². The Morgan fingerprint density at radius 1 is 0.963 bits per heavy atom. The van der Waals surface area contributed by atoms with Crippen LogP contribution in [0.4, 0.5) is 0 Å². The number of hydrogen-bond donors (Lipinski definition) is 0. The van der Waals surface area contributed by atoms with Gasteiger partial charge in [-0.2, -0.15) is 0 Å². The summed E-state index contributed by atoms with van der Waals surface area (Å²) in [5, 5.41) is 0. The molecule has 0 aliphatic carbocycles. The third kappa shape index (κ3) is 3.53. The first-order chi connectivity index (χ1) is 13.1. The molecule has 0 saturated carbocycles. The molecule has 1 heterocycles. The lowest BCUT2D eigenvalue weighted by molar-refractivity contribution is 0.0600. The van der Waals surface area contributed by atoms with Gasteiger partial charge in [-0.25, -0.2) is 4.79 Å². The fraction of sp³-hybridized carbons (Fsp3) is 0.227. The second-order valence-electron chi connectivity index (χ2n) is 6.13. The molecule has 2 aromatic carbocycles. The molecule has 0 unspecified atom stereocenters. The van der Waals surface area contributed by atoms with Crippen LogP contribution in [-0.2, 0) is 11.3 Å². The van der Waals surface area contributed by atoms with Crippen LogP contribution in [0.3, 0.4) is 0 Å². The first kappa shape index (κ1) is 18.6. The van der Waals surface area contributed by atoms with Gasteiger partial charge in [-0.15, -0.1) is 0 Å². The molecule has 0 N–H and O–H groups in total. The second-order valence-corrected chi connectivity index (χ2v) is 6.13. The van der Waals surface area contributed by atoms with Crippen LogP contribution < -0.4 is 9.47 Å². The molecule has 0 radical (unpaired) electrons. The third-order valence-corrected chi connectivity index (χ3v) is 4.65. The molecule has 1 aromatic heterocycles. The summed E-state index contributed by atoms with van der Waals surface area (Å²) in [6, 6.07) is 17.6. The maximum atomic E-state index is 12.2. The van der Waals surface area contributed by atoms with Crippen LogP contribution in [-0.4, -0.2) is 31.9 Å².